The summed E-state index contributed by atoms with van der Waals surface area (Å²) in [5, 5.41) is 0. The van der Waals surface area contributed by atoms with Gasteiger partial charge in [-0.15, -0.1) is 0 Å². The number of benzene rings is 1. The van der Waals surface area contributed by atoms with Gasteiger partial charge in [0.1, 0.15) is 0 Å². The van der Waals surface area contributed by atoms with E-state index in [0.717, 1.165) is 6.42 Å². The summed E-state index contributed by atoms with van der Waals surface area (Å²) in [5.41, 5.74) is 5.78. The summed E-state index contributed by atoms with van der Waals surface area (Å²) in [6.45, 7) is 2.88. The van der Waals surface area contributed by atoms with Crippen LogP contribution in [0.3, 0.4) is 0 Å². The summed E-state index contributed by atoms with van der Waals surface area (Å²) in [5.74, 6) is -2.80. The highest BCUT2D eigenvalue weighted by Crippen LogP contribution is 2.32. The molecule has 1 aliphatic rings. The van der Waals surface area contributed by atoms with Crippen molar-refractivity contribution in [3.05, 3.63) is 35.9 Å². The van der Waals surface area contributed by atoms with Crippen LogP contribution in [0.25, 0.3) is 0 Å². The Morgan fingerprint density at radius 3 is 2.41 bits per heavy atom. The lowest BCUT2D eigenvalue weighted by Gasteiger charge is -2.48. The van der Waals surface area contributed by atoms with E-state index in [1.807, 2.05) is 6.92 Å². The summed E-state index contributed by atoms with van der Waals surface area (Å²) in [6.07, 6.45) is 0.834. The van der Waals surface area contributed by atoms with Crippen LogP contribution in [0.2, 0.25) is 0 Å². The molecule has 2 nitrogen and oxygen atoms in total. The number of likely N-dealkylation sites (tertiary alicyclic amines) is 1. The fraction of sp³-hybridized carbons (Fsp3) is 0.538. The summed E-state index contributed by atoms with van der Waals surface area (Å²) in [4.78, 5) is 1.72. The standard InChI is InChI=1S/C13H18F2N2/c1-2-12(16)8-17(9-12)10-13(14,15)11-6-4-3-5-7-11/h3-7H,2,8-10,16H2,1H3. The van der Waals surface area contributed by atoms with Gasteiger partial charge in [0, 0.05) is 24.2 Å². The molecule has 0 bridgehead atoms. The van der Waals surface area contributed by atoms with Gasteiger partial charge in [-0.3, -0.25) is 4.90 Å². The van der Waals surface area contributed by atoms with E-state index in [9.17, 15) is 8.78 Å². The van der Waals surface area contributed by atoms with Gasteiger partial charge in [0.05, 0.1) is 6.54 Å². The second-order valence-corrected chi connectivity index (χ2v) is 4.93. The number of nitrogens with zero attached hydrogens (tertiary/aromatic N) is 1. The van der Waals surface area contributed by atoms with Gasteiger partial charge in [0.25, 0.3) is 5.92 Å². The van der Waals surface area contributed by atoms with E-state index < -0.39 is 5.92 Å². The van der Waals surface area contributed by atoms with E-state index in [0.29, 0.717) is 13.1 Å². The molecule has 1 saturated heterocycles. The van der Waals surface area contributed by atoms with E-state index in [-0.39, 0.29) is 17.6 Å². The SMILES string of the molecule is CCC1(N)CN(CC(F)(F)c2ccccc2)C1. The van der Waals surface area contributed by atoms with Crippen molar-refractivity contribution in [3.8, 4) is 0 Å². The van der Waals surface area contributed by atoms with Crippen LogP contribution in [0.1, 0.15) is 18.9 Å². The normalized spacial score (nSPS) is 20.0. The van der Waals surface area contributed by atoms with Crippen molar-refractivity contribution in [3.63, 3.8) is 0 Å². The van der Waals surface area contributed by atoms with E-state index in [1.165, 1.54) is 12.1 Å². The third-order valence-corrected chi connectivity index (χ3v) is 3.40. The van der Waals surface area contributed by atoms with Crippen LogP contribution in [0, 0.1) is 0 Å². The Balaban J connectivity index is 1.96. The first-order valence-corrected chi connectivity index (χ1v) is 5.90. The van der Waals surface area contributed by atoms with Gasteiger partial charge in [-0.1, -0.05) is 37.3 Å². The number of halogens is 2. The fourth-order valence-electron chi connectivity index (χ4n) is 2.23. The molecule has 0 aliphatic carbocycles. The average molecular weight is 240 g/mol. The Labute approximate surface area is 100 Å². The number of rotatable bonds is 4. The van der Waals surface area contributed by atoms with Crippen LogP contribution >= 0.6 is 0 Å². The molecule has 2 rings (SSSR count). The molecule has 0 aromatic heterocycles. The molecule has 1 fully saturated rings. The molecule has 1 aromatic carbocycles. The lowest BCUT2D eigenvalue weighted by molar-refractivity contribution is -0.0716. The van der Waals surface area contributed by atoms with Gasteiger partial charge in [-0.25, -0.2) is 0 Å². The van der Waals surface area contributed by atoms with Crippen molar-refractivity contribution in [2.24, 2.45) is 5.73 Å². The maximum Gasteiger partial charge on any atom is 0.285 e. The van der Waals surface area contributed by atoms with Crippen molar-refractivity contribution < 1.29 is 8.78 Å². The quantitative estimate of drug-likeness (QED) is 0.874. The van der Waals surface area contributed by atoms with Crippen LogP contribution < -0.4 is 5.73 Å². The van der Waals surface area contributed by atoms with Crippen LogP contribution in [0.5, 0.6) is 0 Å². The zero-order chi connectivity index (χ0) is 12.5. The number of hydrogen-bond acceptors (Lipinski definition) is 2. The van der Waals surface area contributed by atoms with Gasteiger partial charge >= 0.3 is 0 Å². The molecular formula is C13H18F2N2. The van der Waals surface area contributed by atoms with Crippen LogP contribution in [0.15, 0.2) is 30.3 Å². The first kappa shape index (κ1) is 12.5. The zero-order valence-electron chi connectivity index (χ0n) is 10.00. The molecule has 1 aromatic rings. The Morgan fingerprint density at radius 1 is 1.29 bits per heavy atom. The topological polar surface area (TPSA) is 29.3 Å². The van der Waals surface area contributed by atoms with Crippen molar-refractivity contribution in [1.82, 2.24) is 4.90 Å². The van der Waals surface area contributed by atoms with Gasteiger partial charge in [-0.2, -0.15) is 8.78 Å². The first-order valence-electron chi connectivity index (χ1n) is 5.90. The summed E-state index contributed by atoms with van der Waals surface area (Å²) in [7, 11) is 0. The van der Waals surface area contributed by atoms with Gasteiger partial charge in [-0.05, 0) is 6.42 Å². The molecule has 17 heavy (non-hydrogen) atoms. The predicted octanol–water partition coefficient (Wildman–Crippen LogP) is 2.20. The van der Waals surface area contributed by atoms with Crippen molar-refractivity contribution in [2.75, 3.05) is 19.6 Å². The first-order chi connectivity index (χ1) is 7.95. The summed E-state index contributed by atoms with van der Waals surface area (Å²) in [6, 6.07) is 7.95. The van der Waals surface area contributed by atoms with Gasteiger partial charge < -0.3 is 5.73 Å². The highest BCUT2D eigenvalue weighted by Gasteiger charge is 2.43. The molecule has 2 N–H and O–H groups in total. The van der Waals surface area contributed by atoms with Crippen LogP contribution in [0.4, 0.5) is 8.78 Å². The van der Waals surface area contributed by atoms with Crippen LogP contribution in [-0.2, 0) is 5.92 Å². The van der Waals surface area contributed by atoms with E-state index in [2.05, 4.69) is 0 Å². The van der Waals surface area contributed by atoms with Crippen molar-refractivity contribution in [2.45, 2.75) is 24.8 Å². The molecular weight excluding hydrogens is 222 g/mol. The third kappa shape index (κ3) is 2.64. The molecule has 94 valence electrons. The molecule has 4 heteroatoms. The van der Waals surface area contributed by atoms with Crippen LogP contribution in [-0.4, -0.2) is 30.1 Å². The van der Waals surface area contributed by atoms with Gasteiger partial charge in [0.15, 0.2) is 0 Å². The highest BCUT2D eigenvalue weighted by molar-refractivity contribution is 5.20. The zero-order valence-corrected chi connectivity index (χ0v) is 10.00. The van der Waals surface area contributed by atoms with E-state index in [4.69, 9.17) is 5.73 Å². The largest absolute Gasteiger partial charge is 0.323 e. The summed E-state index contributed by atoms with van der Waals surface area (Å²) < 4.78 is 27.8. The fourth-order valence-corrected chi connectivity index (χ4v) is 2.23. The van der Waals surface area contributed by atoms with Crippen molar-refractivity contribution in [1.29, 1.82) is 0 Å². The minimum Gasteiger partial charge on any atom is -0.323 e. The molecule has 0 unspecified atom stereocenters. The highest BCUT2D eigenvalue weighted by atomic mass is 19.3. The van der Waals surface area contributed by atoms with Crippen molar-refractivity contribution >= 4 is 0 Å². The molecule has 0 saturated carbocycles. The Bertz CT molecular complexity index is 372. The molecule has 0 amide bonds. The Morgan fingerprint density at radius 2 is 1.88 bits per heavy atom. The number of alkyl halides is 2. The molecule has 0 spiro atoms. The average Bonchev–Trinajstić information content (AvgIpc) is 2.27. The lowest BCUT2D eigenvalue weighted by atomic mass is 9.87. The molecule has 1 aliphatic heterocycles. The minimum atomic E-state index is -2.80. The molecule has 0 radical (unpaired) electrons. The summed E-state index contributed by atoms with van der Waals surface area (Å²) >= 11 is 0. The molecule has 1 heterocycles. The third-order valence-electron chi connectivity index (χ3n) is 3.40. The second kappa shape index (κ2) is 4.35. The van der Waals surface area contributed by atoms with E-state index >= 15 is 0 Å². The maximum absolute atomic E-state index is 13.9. The lowest BCUT2D eigenvalue weighted by Crippen LogP contribution is -2.68. The Hall–Kier alpha value is -1.00. The second-order valence-electron chi connectivity index (χ2n) is 4.93. The monoisotopic (exact) mass is 240 g/mol. The van der Waals surface area contributed by atoms with E-state index in [1.54, 1.807) is 23.1 Å². The molecule has 0 atom stereocenters. The van der Waals surface area contributed by atoms with Gasteiger partial charge in [0.2, 0.25) is 0 Å². The predicted molar refractivity (Wildman–Crippen MR) is 64.0 cm³/mol. The Kier molecular flexibility index (Phi) is 3.19. The number of hydrogen-bond donors (Lipinski definition) is 1. The minimum absolute atomic E-state index is 0.0750. The number of nitrogens with two attached hydrogens (primary N) is 1. The maximum atomic E-state index is 13.9. The smallest absolute Gasteiger partial charge is 0.285 e.